The van der Waals surface area contributed by atoms with Gasteiger partial charge in [-0.15, -0.1) is 0 Å². The van der Waals surface area contributed by atoms with Crippen LogP contribution >= 0.6 is 0 Å². The maximum absolute atomic E-state index is 13.4. The normalized spacial score (nSPS) is 11.3. The number of phenols is 1. The second-order valence-corrected chi connectivity index (χ2v) is 6.64. The lowest BCUT2D eigenvalue weighted by Crippen LogP contribution is -2.15. The predicted octanol–water partition coefficient (Wildman–Crippen LogP) is 2.65. The van der Waals surface area contributed by atoms with Crippen LogP contribution < -0.4 is 4.72 Å². The SMILES string of the molecule is Cc1ccc(NS(=O)(=O)c2ccc(F)c(C(=O)O)c2)c(C)c1O. The first-order valence-corrected chi connectivity index (χ1v) is 7.96. The Bertz CT molecular complexity index is 893. The lowest BCUT2D eigenvalue weighted by Gasteiger charge is -2.13. The standard InChI is InChI=1S/C15H14FNO5S/c1-8-3-6-13(9(2)14(8)18)17-23(21,22)10-4-5-12(16)11(7-10)15(19)20/h3-7,17-18H,1-2H3,(H,19,20). The van der Waals surface area contributed by atoms with E-state index in [-0.39, 0.29) is 11.4 Å². The van der Waals surface area contributed by atoms with Crippen molar-refractivity contribution < 1.29 is 27.8 Å². The molecule has 0 spiro atoms. The van der Waals surface area contributed by atoms with Crippen molar-refractivity contribution in [3.63, 3.8) is 0 Å². The second-order valence-electron chi connectivity index (χ2n) is 4.96. The van der Waals surface area contributed by atoms with Gasteiger partial charge in [-0.25, -0.2) is 17.6 Å². The highest BCUT2D eigenvalue weighted by Gasteiger charge is 2.20. The Kier molecular flexibility index (Phi) is 4.28. The number of rotatable bonds is 4. The monoisotopic (exact) mass is 339 g/mol. The molecule has 3 N–H and O–H groups in total. The molecule has 2 aromatic rings. The zero-order chi connectivity index (χ0) is 17.4. The van der Waals surface area contributed by atoms with E-state index in [0.29, 0.717) is 11.1 Å². The van der Waals surface area contributed by atoms with E-state index in [0.717, 1.165) is 18.2 Å². The third kappa shape index (κ3) is 3.26. The number of benzene rings is 2. The smallest absolute Gasteiger partial charge is 0.338 e. The zero-order valence-corrected chi connectivity index (χ0v) is 13.1. The van der Waals surface area contributed by atoms with E-state index in [9.17, 15) is 22.7 Å². The van der Waals surface area contributed by atoms with E-state index in [2.05, 4.69) is 4.72 Å². The van der Waals surface area contributed by atoms with Crippen molar-refractivity contribution in [3.05, 3.63) is 52.8 Å². The van der Waals surface area contributed by atoms with Gasteiger partial charge in [-0.2, -0.15) is 0 Å². The van der Waals surface area contributed by atoms with E-state index in [1.807, 2.05) is 0 Å². The number of anilines is 1. The molecule has 122 valence electrons. The lowest BCUT2D eigenvalue weighted by atomic mass is 10.1. The van der Waals surface area contributed by atoms with Gasteiger partial charge in [-0.3, -0.25) is 4.72 Å². The molecule has 0 fully saturated rings. The van der Waals surface area contributed by atoms with Gasteiger partial charge >= 0.3 is 5.97 Å². The van der Waals surface area contributed by atoms with Crippen molar-refractivity contribution in [2.45, 2.75) is 18.7 Å². The molecule has 0 saturated carbocycles. The van der Waals surface area contributed by atoms with E-state index in [1.165, 1.54) is 19.1 Å². The summed E-state index contributed by atoms with van der Waals surface area (Å²) in [7, 11) is -4.13. The number of nitrogens with one attached hydrogen (secondary N) is 1. The minimum atomic E-state index is -4.13. The van der Waals surface area contributed by atoms with Gasteiger partial charge in [0.15, 0.2) is 0 Å². The molecule has 0 aliphatic carbocycles. The number of aromatic hydroxyl groups is 1. The van der Waals surface area contributed by atoms with Crippen LogP contribution in [-0.4, -0.2) is 24.6 Å². The fraction of sp³-hybridized carbons (Fsp3) is 0.133. The van der Waals surface area contributed by atoms with E-state index < -0.39 is 32.3 Å². The molecule has 0 bridgehead atoms. The lowest BCUT2D eigenvalue weighted by molar-refractivity contribution is 0.0691. The number of aromatic carboxylic acids is 1. The van der Waals surface area contributed by atoms with Gasteiger partial charge in [0.1, 0.15) is 11.6 Å². The second kappa shape index (κ2) is 5.88. The molecule has 23 heavy (non-hydrogen) atoms. The molecule has 0 aliphatic rings. The Morgan fingerprint density at radius 2 is 1.83 bits per heavy atom. The van der Waals surface area contributed by atoms with Gasteiger partial charge in [0.25, 0.3) is 10.0 Å². The molecule has 0 radical (unpaired) electrons. The molecular weight excluding hydrogens is 325 g/mol. The molecule has 8 heteroatoms. The number of aryl methyl sites for hydroxylation is 1. The molecule has 6 nitrogen and oxygen atoms in total. The third-order valence-corrected chi connectivity index (χ3v) is 4.72. The van der Waals surface area contributed by atoms with Crippen LogP contribution in [0, 0.1) is 19.7 Å². The Morgan fingerprint density at radius 1 is 1.17 bits per heavy atom. The van der Waals surface area contributed by atoms with E-state index in [1.54, 1.807) is 6.92 Å². The topological polar surface area (TPSA) is 104 Å². The maximum Gasteiger partial charge on any atom is 0.338 e. The largest absolute Gasteiger partial charge is 0.507 e. The highest BCUT2D eigenvalue weighted by Crippen LogP contribution is 2.29. The Labute approximate surface area is 132 Å². The Hall–Kier alpha value is -2.61. The van der Waals surface area contributed by atoms with E-state index >= 15 is 0 Å². The number of carboxylic acid groups (broad SMARTS) is 1. The number of carbonyl (C=O) groups is 1. The first-order valence-electron chi connectivity index (χ1n) is 6.48. The Balaban J connectivity index is 2.46. The fourth-order valence-electron chi connectivity index (χ4n) is 1.99. The minimum Gasteiger partial charge on any atom is -0.507 e. The predicted molar refractivity (Wildman–Crippen MR) is 81.7 cm³/mol. The summed E-state index contributed by atoms with van der Waals surface area (Å²) in [6.07, 6.45) is 0. The van der Waals surface area contributed by atoms with Crippen molar-refractivity contribution in [2.75, 3.05) is 4.72 Å². The Morgan fingerprint density at radius 3 is 2.43 bits per heavy atom. The maximum atomic E-state index is 13.4. The number of hydrogen-bond acceptors (Lipinski definition) is 4. The van der Waals surface area contributed by atoms with Crippen LogP contribution in [0.1, 0.15) is 21.5 Å². The molecular formula is C15H14FNO5S. The van der Waals surface area contributed by atoms with Crippen LogP contribution in [0.5, 0.6) is 5.75 Å². The molecule has 2 aromatic carbocycles. The van der Waals surface area contributed by atoms with Gasteiger partial charge in [-0.05, 0) is 43.7 Å². The summed E-state index contributed by atoms with van der Waals surface area (Å²) < 4.78 is 40.3. The summed E-state index contributed by atoms with van der Waals surface area (Å²) in [5.41, 5.74) is 0.320. The minimum absolute atomic E-state index is 0.0458. The quantitative estimate of drug-likeness (QED) is 0.794. The summed E-state index contributed by atoms with van der Waals surface area (Å²) in [6.45, 7) is 3.20. The van der Waals surface area contributed by atoms with Crippen molar-refractivity contribution in [2.24, 2.45) is 0 Å². The average molecular weight is 339 g/mol. The van der Waals surface area contributed by atoms with Gasteiger partial charge in [-0.1, -0.05) is 6.07 Å². The van der Waals surface area contributed by atoms with Crippen LogP contribution in [0.25, 0.3) is 0 Å². The molecule has 0 aromatic heterocycles. The molecule has 0 atom stereocenters. The summed E-state index contributed by atoms with van der Waals surface area (Å²) in [5, 5.41) is 18.7. The van der Waals surface area contributed by atoms with Crippen molar-refractivity contribution >= 4 is 21.7 Å². The average Bonchev–Trinajstić information content (AvgIpc) is 2.48. The fourth-order valence-corrected chi connectivity index (χ4v) is 3.13. The van der Waals surface area contributed by atoms with E-state index in [4.69, 9.17) is 5.11 Å². The third-order valence-electron chi connectivity index (χ3n) is 3.36. The van der Waals surface area contributed by atoms with Gasteiger partial charge in [0, 0.05) is 5.56 Å². The summed E-state index contributed by atoms with van der Waals surface area (Å²) in [6, 6.07) is 5.49. The van der Waals surface area contributed by atoms with Crippen LogP contribution in [0.4, 0.5) is 10.1 Å². The highest BCUT2D eigenvalue weighted by molar-refractivity contribution is 7.92. The highest BCUT2D eigenvalue weighted by atomic mass is 32.2. The molecule has 0 aliphatic heterocycles. The van der Waals surface area contributed by atoms with Gasteiger partial charge in [0.05, 0.1) is 16.1 Å². The molecule has 0 saturated heterocycles. The number of halogens is 1. The van der Waals surface area contributed by atoms with Gasteiger partial charge in [0.2, 0.25) is 0 Å². The van der Waals surface area contributed by atoms with Crippen LogP contribution in [0.2, 0.25) is 0 Å². The number of phenolic OH excluding ortho intramolecular Hbond substituents is 1. The molecule has 0 unspecified atom stereocenters. The molecule has 2 rings (SSSR count). The number of hydrogen-bond donors (Lipinski definition) is 3. The number of sulfonamides is 1. The van der Waals surface area contributed by atoms with Crippen LogP contribution in [0.3, 0.4) is 0 Å². The van der Waals surface area contributed by atoms with Crippen molar-refractivity contribution in [1.82, 2.24) is 0 Å². The zero-order valence-electron chi connectivity index (χ0n) is 12.3. The summed E-state index contributed by atoms with van der Waals surface area (Å²) in [5.74, 6) is -2.64. The summed E-state index contributed by atoms with van der Waals surface area (Å²) >= 11 is 0. The first kappa shape index (κ1) is 16.8. The van der Waals surface area contributed by atoms with Crippen molar-refractivity contribution in [3.8, 4) is 5.75 Å². The summed E-state index contributed by atoms with van der Waals surface area (Å²) in [4.78, 5) is 10.5. The molecule has 0 heterocycles. The number of carboxylic acids is 1. The van der Waals surface area contributed by atoms with Crippen LogP contribution in [-0.2, 0) is 10.0 Å². The van der Waals surface area contributed by atoms with Crippen molar-refractivity contribution in [1.29, 1.82) is 0 Å². The molecule has 0 amide bonds. The van der Waals surface area contributed by atoms with Crippen LogP contribution in [0.15, 0.2) is 35.2 Å². The first-order chi connectivity index (χ1) is 10.6. The van der Waals surface area contributed by atoms with Gasteiger partial charge < -0.3 is 10.2 Å².